The van der Waals surface area contributed by atoms with Gasteiger partial charge < -0.3 is 9.80 Å². The molecule has 0 bridgehead atoms. The van der Waals surface area contributed by atoms with E-state index < -0.39 is 0 Å². The maximum absolute atomic E-state index is 13.7. The molecule has 2 aromatic rings. The lowest BCUT2D eigenvalue weighted by molar-refractivity contribution is -0.140. The summed E-state index contributed by atoms with van der Waals surface area (Å²) in [6.45, 7) is 3.31. The number of carbonyl (C=O) groups excluding carboxylic acids is 2. The fraction of sp³-hybridized carbons (Fsp3) is 0.462. The van der Waals surface area contributed by atoms with E-state index in [1.165, 1.54) is 11.1 Å². The number of carbonyl (C=O) groups is 2. The molecule has 5 rings (SSSR count). The number of piperidine rings is 1. The summed E-state index contributed by atoms with van der Waals surface area (Å²) in [6.07, 6.45) is 6.09. The minimum atomic E-state index is -0.0819. The highest BCUT2D eigenvalue weighted by atomic mass is 16.2. The predicted molar refractivity (Wildman–Crippen MR) is 117 cm³/mol. The highest BCUT2D eigenvalue weighted by molar-refractivity contribution is 5.94. The molecule has 1 saturated heterocycles. The quantitative estimate of drug-likeness (QED) is 0.754. The molecule has 2 aromatic carbocycles. The molecular weight excluding hydrogens is 372 g/mol. The number of aryl methyl sites for hydroxylation is 2. The van der Waals surface area contributed by atoms with Crippen molar-refractivity contribution in [2.24, 2.45) is 5.92 Å². The van der Waals surface area contributed by atoms with Crippen molar-refractivity contribution in [3.05, 3.63) is 70.8 Å². The Labute approximate surface area is 178 Å². The fourth-order valence-corrected chi connectivity index (χ4v) is 5.22. The molecule has 4 heteroatoms. The number of hydrogen-bond donors (Lipinski definition) is 0. The van der Waals surface area contributed by atoms with E-state index in [4.69, 9.17) is 0 Å². The van der Waals surface area contributed by atoms with E-state index in [1.807, 2.05) is 36.1 Å². The molecule has 0 spiro atoms. The highest BCUT2D eigenvalue weighted by Gasteiger charge is 2.43. The molecule has 156 valence electrons. The van der Waals surface area contributed by atoms with Gasteiger partial charge in [0.2, 0.25) is 5.91 Å². The van der Waals surface area contributed by atoms with Crippen molar-refractivity contribution < 1.29 is 9.59 Å². The molecular formula is C26H30N2O2. The molecule has 2 aliphatic carbocycles. The van der Waals surface area contributed by atoms with Crippen LogP contribution in [0.25, 0.3) is 0 Å². The zero-order valence-electron chi connectivity index (χ0n) is 17.7. The SMILES string of the molecule is Cc1ccc(C(=O)N2CCCC(C(=O)N(C3CC3)C3CCc4ccccc43)C2)cc1. The second kappa shape index (κ2) is 7.90. The largest absolute Gasteiger partial charge is 0.338 e. The number of hydrogen-bond acceptors (Lipinski definition) is 2. The van der Waals surface area contributed by atoms with Crippen molar-refractivity contribution in [2.75, 3.05) is 13.1 Å². The van der Waals surface area contributed by atoms with E-state index in [2.05, 4.69) is 29.2 Å². The van der Waals surface area contributed by atoms with E-state index in [0.717, 1.165) is 56.2 Å². The standard InChI is InChI=1S/C26H30N2O2/c1-18-8-10-20(11-9-18)25(29)27-16-4-6-21(17-27)26(30)28(22-13-14-22)24-15-12-19-5-2-3-7-23(19)24/h2-3,5,7-11,21-22,24H,4,6,12-17H2,1H3. The summed E-state index contributed by atoms with van der Waals surface area (Å²) in [4.78, 5) is 30.8. The van der Waals surface area contributed by atoms with Gasteiger partial charge in [-0.1, -0.05) is 42.0 Å². The second-order valence-corrected chi connectivity index (χ2v) is 9.19. The average molecular weight is 403 g/mol. The highest BCUT2D eigenvalue weighted by Crippen LogP contribution is 2.43. The lowest BCUT2D eigenvalue weighted by Crippen LogP contribution is -2.48. The zero-order valence-corrected chi connectivity index (χ0v) is 17.7. The molecule has 0 aromatic heterocycles. The van der Waals surface area contributed by atoms with Gasteiger partial charge in [-0.2, -0.15) is 0 Å². The van der Waals surface area contributed by atoms with E-state index in [0.29, 0.717) is 12.6 Å². The van der Waals surface area contributed by atoms with Crippen molar-refractivity contribution in [3.63, 3.8) is 0 Å². The van der Waals surface area contributed by atoms with Gasteiger partial charge in [-0.25, -0.2) is 0 Å². The Kier molecular flexibility index (Phi) is 5.10. The normalized spacial score (nSPS) is 23.2. The Hall–Kier alpha value is -2.62. The third-order valence-electron chi connectivity index (χ3n) is 6.99. The third-order valence-corrected chi connectivity index (χ3v) is 6.99. The first-order valence-electron chi connectivity index (χ1n) is 11.4. The van der Waals surface area contributed by atoms with Gasteiger partial charge in [0, 0.05) is 24.7 Å². The van der Waals surface area contributed by atoms with Crippen molar-refractivity contribution >= 4 is 11.8 Å². The van der Waals surface area contributed by atoms with Gasteiger partial charge in [0.25, 0.3) is 5.91 Å². The van der Waals surface area contributed by atoms with E-state index in [-0.39, 0.29) is 23.8 Å². The summed E-state index contributed by atoms with van der Waals surface area (Å²) >= 11 is 0. The molecule has 2 amide bonds. The van der Waals surface area contributed by atoms with Gasteiger partial charge in [-0.15, -0.1) is 0 Å². The summed E-state index contributed by atoms with van der Waals surface area (Å²) < 4.78 is 0. The van der Waals surface area contributed by atoms with Crippen LogP contribution in [0.3, 0.4) is 0 Å². The number of amides is 2. The van der Waals surface area contributed by atoms with Crippen molar-refractivity contribution in [3.8, 4) is 0 Å². The van der Waals surface area contributed by atoms with Gasteiger partial charge in [-0.05, 0) is 68.7 Å². The lowest BCUT2D eigenvalue weighted by Gasteiger charge is -2.37. The van der Waals surface area contributed by atoms with Crippen LogP contribution in [0.4, 0.5) is 0 Å². The summed E-state index contributed by atoms with van der Waals surface area (Å²) in [7, 11) is 0. The van der Waals surface area contributed by atoms with Crippen LogP contribution in [0.1, 0.15) is 65.2 Å². The van der Waals surface area contributed by atoms with Gasteiger partial charge in [0.15, 0.2) is 0 Å². The van der Waals surface area contributed by atoms with Gasteiger partial charge >= 0.3 is 0 Å². The maximum atomic E-state index is 13.7. The van der Waals surface area contributed by atoms with E-state index >= 15 is 0 Å². The summed E-state index contributed by atoms with van der Waals surface area (Å²) in [6, 6.07) is 16.9. The Morgan fingerprint density at radius 3 is 2.50 bits per heavy atom. The van der Waals surface area contributed by atoms with Crippen LogP contribution in [0.5, 0.6) is 0 Å². The first-order valence-corrected chi connectivity index (χ1v) is 11.4. The van der Waals surface area contributed by atoms with Crippen LogP contribution in [0, 0.1) is 12.8 Å². The Morgan fingerprint density at radius 1 is 0.967 bits per heavy atom. The average Bonchev–Trinajstić information content (AvgIpc) is 3.53. The molecule has 2 fully saturated rings. The Balaban J connectivity index is 1.33. The van der Waals surface area contributed by atoms with Crippen LogP contribution in [-0.4, -0.2) is 40.7 Å². The zero-order chi connectivity index (χ0) is 20.7. The Bertz CT molecular complexity index is 948. The molecule has 3 aliphatic rings. The number of benzene rings is 2. The molecule has 1 heterocycles. The van der Waals surface area contributed by atoms with Crippen LogP contribution < -0.4 is 0 Å². The van der Waals surface area contributed by atoms with Crippen LogP contribution >= 0.6 is 0 Å². The van der Waals surface area contributed by atoms with Gasteiger partial charge in [0.1, 0.15) is 0 Å². The van der Waals surface area contributed by atoms with Crippen molar-refractivity contribution in [2.45, 2.75) is 57.5 Å². The minimum absolute atomic E-state index is 0.0525. The van der Waals surface area contributed by atoms with Crippen LogP contribution in [0.2, 0.25) is 0 Å². The number of likely N-dealkylation sites (tertiary alicyclic amines) is 1. The molecule has 0 N–H and O–H groups in total. The smallest absolute Gasteiger partial charge is 0.253 e. The fourth-order valence-electron chi connectivity index (χ4n) is 5.22. The molecule has 2 unspecified atom stereocenters. The molecule has 30 heavy (non-hydrogen) atoms. The first kappa shape index (κ1) is 19.3. The monoisotopic (exact) mass is 402 g/mol. The lowest BCUT2D eigenvalue weighted by atomic mass is 9.94. The summed E-state index contributed by atoms with van der Waals surface area (Å²) in [5.41, 5.74) is 4.59. The van der Waals surface area contributed by atoms with Gasteiger partial charge in [-0.3, -0.25) is 9.59 Å². The molecule has 0 radical (unpaired) electrons. The van der Waals surface area contributed by atoms with E-state index in [1.54, 1.807) is 0 Å². The molecule has 2 atom stereocenters. The van der Waals surface area contributed by atoms with E-state index in [9.17, 15) is 9.59 Å². The van der Waals surface area contributed by atoms with Crippen molar-refractivity contribution in [1.82, 2.24) is 9.80 Å². The Morgan fingerprint density at radius 2 is 1.73 bits per heavy atom. The third kappa shape index (κ3) is 3.64. The van der Waals surface area contributed by atoms with Crippen molar-refractivity contribution in [1.29, 1.82) is 0 Å². The topological polar surface area (TPSA) is 40.6 Å². The number of rotatable bonds is 4. The minimum Gasteiger partial charge on any atom is -0.338 e. The van der Waals surface area contributed by atoms with Crippen LogP contribution in [0.15, 0.2) is 48.5 Å². The molecule has 1 aliphatic heterocycles. The molecule has 4 nitrogen and oxygen atoms in total. The maximum Gasteiger partial charge on any atom is 0.253 e. The van der Waals surface area contributed by atoms with Crippen LogP contribution in [-0.2, 0) is 11.2 Å². The molecule has 1 saturated carbocycles. The summed E-state index contributed by atoms with van der Waals surface area (Å²) in [5.74, 6) is 0.235. The van der Waals surface area contributed by atoms with Gasteiger partial charge in [0.05, 0.1) is 12.0 Å². The predicted octanol–water partition coefficient (Wildman–Crippen LogP) is 4.53. The number of fused-ring (bicyclic) bond motifs is 1. The first-order chi connectivity index (χ1) is 14.6. The number of nitrogens with zero attached hydrogens (tertiary/aromatic N) is 2. The second-order valence-electron chi connectivity index (χ2n) is 9.19. The summed E-state index contributed by atoms with van der Waals surface area (Å²) in [5, 5.41) is 0.